The lowest BCUT2D eigenvalue weighted by Crippen LogP contribution is -2.57. The lowest BCUT2D eigenvalue weighted by Gasteiger charge is -2.26. The molecule has 7 N–H and O–H groups in total. The van der Waals surface area contributed by atoms with Crippen molar-refractivity contribution in [2.24, 2.45) is 11.8 Å². The van der Waals surface area contributed by atoms with Gasteiger partial charge in [-0.1, -0.05) is 44.7 Å². The molecule has 0 aliphatic heterocycles. The number of nitrogens with zero attached hydrogens (tertiary/aromatic N) is 1. The molecule has 170 valence electrons. The van der Waals surface area contributed by atoms with Gasteiger partial charge in [0.05, 0.1) is 23.3 Å². The molecule has 31 heavy (non-hydrogen) atoms. The highest BCUT2D eigenvalue weighted by atomic mass is 16.4. The molecule has 1 aromatic carbocycles. The van der Waals surface area contributed by atoms with Crippen LogP contribution in [0.25, 0.3) is 0 Å². The number of hydrogen-bond donors (Lipinski definition) is 6. The maximum Gasteiger partial charge on any atom is 0.475 e. The molecular formula is C21H33BN4O5. The molecule has 1 aromatic rings. The average Bonchev–Trinajstić information content (AvgIpc) is 2.71. The van der Waals surface area contributed by atoms with E-state index in [9.17, 15) is 24.7 Å². The molecule has 0 saturated heterocycles. The Kier molecular flexibility index (Phi) is 10.4. The van der Waals surface area contributed by atoms with Crippen molar-refractivity contribution in [2.45, 2.75) is 52.2 Å². The molecule has 0 aliphatic rings. The van der Waals surface area contributed by atoms with Crippen molar-refractivity contribution in [1.29, 1.82) is 0 Å². The summed E-state index contributed by atoms with van der Waals surface area (Å²) >= 11 is 0. The first-order chi connectivity index (χ1) is 14.5. The van der Waals surface area contributed by atoms with E-state index in [1.807, 2.05) is 19.9 Å². The predicted octanol–water partition coefficient (Wildman–Crippen LogP) is 0.235. The van der Waals surface area contributed by atoms with E-state index in [0.717, 1.165) is 0 Å². The molecule has 0 heterocycles. The fraction of sp³-hybridized carbons (Fsp3) is 0.429. The monoisotopic (exact) mass is 432 g/mol. The zero-order valence-corrected chi connectivity index (χ0v) is 18.4. The van der Waals surface area contributed by atoms with Crippen LogP contribution in [0.2, 0.25) is 0 Å². The molecule has 0 saturated carbocycles. The number of amides is 2. The largest absolute Gasteiger partial charge is 0.475 e. The fourth-order valence-corrected chi connectivity index (χ4v) is 2.98. The Labute approximate surface area is 183 Å². The minimum absolute atomic E-state index is 0.0816. The number of benzene rings is 1. The highest BCUT2D eigenvalue weighted by Crippen LogP contribution is 2.18. The fourth-order valence-electron chi connectivity index (χ4n) is 2.98. The summed E-state index contributed by atoms with van der Waals surface area (Å²) in [5.41, 5.74) is 1.14. The minimum Gasteiger partial charge on any atom is -0.426 e. The van der Waals surface area contributed by atoms with Crippen LogP contribution in [-0.2, 0) is 9.59 Å². The van der Waals surface area contributed by atoms with Gasteiger partial charge in [-0.3, -0.25) is 14.6 Å². The maximum atomic E-state index is 12.9. The summed E-state index contributed by atoms with van der Waals surface area (Å²) in [5.74, 6) is 3.85. The van der Waals surface area contributed by atoms with E-state index in [1.54, 1.807) is 31.2 Å². The Hall–Kier alpha value is -2.66. The quantitative estimate of drug-likeness (QED) is 0.0965. The number of nitrogens with one attached hydrogen (secondary N) is 2. The van der Waals surface area contributed by atoms with Gasteiger partial charge in [0.15, 0.2) is 0 Å². The standard InChI is InChI=1S/C21H33BN4O5/c1-6-17(14(4)26(23)16-10-8-7-9-11-16)20(28)25-19(15(5)27)21(29)24-18(22(30)31)12-13(2)3/h6-11,13,15,18-19,27,30-31H,1,12,23H2,2-5H3,(H,24,29)(H,25,28)/b17-14+/t15-,18+,19+/m1/s1. The van der Waals surface area contributed by atoms with Crippen molar-refractivity contribution < 1.29 is 24.7 Å². The molecule has 9 nitrogen and oxygen atoms in total. The SMILES string of the molecule is C=C/C(C(=O)N[C@H](C(=O)N[C@@H](CC(C)C)B(O)O)[C@@H](C)O)=C(/C)N(N)c1ccccc1. The minimum atomic E-state index is -1.78. The van der Waals surface area contributed by atoms with Crippen molar-refractivity contribution in [3.05, 3.63) is 54.3 Å². The van der Waals surface area contributed by atoms with Crippen molar-refractivity contribution in [3.63, 3.8) is 0 Å². The first kappa shape index (κ1) is 26.4. The van der Waals surface area contributed by atoms with Gasteiger partial charge >= 0.3 is 7.12 Å². The average molecular weight is 432 g/mol. The highest BCUT2D eigenvalue weighted by Gasteiger charge is 2.32. The lowest BCUT2D eigenvalue weighted by molar-refractivity contribution is -0.130. The number of carbonyl (C=O) groups is 2. The van der Waals surface area contributed by atoms with E-state index >= 15 is 0 Å². The lowest BCUT2D eigenvalue weighted by atomic mass is 9.75. The van der Waals surface area contributed by atoms with Crippen LogP contribution in [0.5, 0.6) is 0 Å². The molecule has 0 aromatic heterocycles. The number of anilines is 1. The second-order valence-electron chi connectivity index (χ2n) is 7.76. The van der Waals surface area contributed by atoms with Gasteiger partial charge in [0.1, 0.15) is 6.04 Å². The van der Waals surface area contributed by atoms with Gasteiger partial charge in [0, 0.05) is 5.70 Å². The zero-order valence-electron chi connectivity index (χ0n) is 18.4. The van der Waals surface area contributed by atoms with Gasteiger partial charge in [-0.25, -0.2) is 5.84 Å². The topological polar surface area (TPSA) is 148 Å². The number of para-hydroxylation sites is 1. The van der Waals surface area contributed by atoms with Crippen molar-refractivity contribution in [1.82, 2.24) is 10.6 Å². The molecule has 0 aliphatic carbocycles. The molecule has 0 spiro atoms. The third-order valence-corrected chi connectivity index (χ3v) is 4.70. The molecule has 1 rings (SSSR count). The normalized spacial score (nSPS) is 14.7. The number of carbonyl (C=O) groups excluding carboxylic acids is 2. The molecule has 0 radical (unpaired) electrons. The molecule has 0 fully saturated rings. The summed E-state index contributed by atoms with van der Waals surface area (Å²) in [6.07, 6.45) is 0.373. The molecule has 3 atom stereocenters. The van der Waals surface area contributed by atoms with Crippen LogP contribution >= 0.6 is 0 Å². The first-order valence-electron chi connectivity index (χ1n) is 10.1. The van der Waals surface area contributed by atoms with Crippen LogP contribution in [0.4, 0.5) is 5.69 Å². The number of rotatable bonds is 11. The van der Waals surface area contributed by atoms with Gasteiger partial charge in [0.2, 0.25) is 5.91 Å². The van der Waals surface area contributed by atoms with Gasteiger partial charge in [-0.05, 0) is 38.3 Å². The number of hydrazine groups is 1. The summed E-state index contributed by atoms with van der Waals surface area (Å²) in [7, 11) is -1.78. The zero-order chi connectivity index (χ0) is 23.7. The van der Waals surface area contributed by atoms with E-state index in [0.29, 0.717) is 17.8 Å². The van der Waals surface area contributed by atoms with Gasteiger partial charge < -0.3 is 25.8 Å². The Morgan fingerprint density at radius 3 is 2.23 bits per heavy atom. The summed E-state index contributed by atoms with van der Waals surface area (Å²) < 4.78 is 0. The van der Waals surface area contributed by atoms with E-state index in [1.165, 1.54) is 18.0 Å². The summed E-state index contributed by atoms with van der Waals surface area (Å²) in [6.45, 7) is 10.4. The smallest absolute Gasteiger partial charge is 0.426 e. The highest BCUT2D eigenvalue weighted by molar-refractivity contribution is 6.43. The second kappa shape index (κ2) is 12.3. The predicted molar refractivity (Wildman–Crippen MR) is 121 cm³/mol. The van der Waals surface area contributed by atoms with Crippen LogP contribution in [0.3, 0.4) is 0 Å². The van der Waals surface area contributed by atoms with E-state index in [2.05, 4.69) is 17.2 Å². The number of hydrogen-bond acceptors (Lipinski definition) is 7. The summed E-state index contributed by atoms with van der Waals surface area (Å²) in [5, 5.41) is 35.4. The Morgan fingerprint density at radius 2 is 1.77 bits per heavy atom. The summed E-state index contributed by atoms with van der Waals surface area (Å²) in [4.78, 5) is 25.5. The Balaban J connectivity index is 3.05. The van der Waals surface area contributed by atoms with Gasteiger partial charge in [0.25, 0.3) is 5.91 Å². The summed E-state index contributed by atoms with van der Waals surface area (Å²) in [6, 6.07) is 7.64. The Morgan fingerprint density at radius 1 is 1.19 bits per heavy atom. The van der Waals surface area contributed by atoms with Crippen molar-refractivity contribution in [2.75, 3.05) is 5.01 Å². The van der Waals surface area contributed by atoms with Crippen LogP contribution in [0.15, 0.2) is 54.3 Å². The van der Waals surface area contributed by atoms with Crippen LogP contribution in [0.1, 0.15) is 34.1 Å². The second-order valence-corrected chi connectivity index (χ2v) is 7.76. The van der Waals surface area contributed by atoms with Gasteiger partial charge in [-0.15, -0.1) is 0 Å². The van der Waals surface area contributed by atoms with E-state index in [4.69, 9.17) is 5.84 Å². The van der Waals surface area contributed by atoms with Gasteiger partial charge in [-0.2, -0.15) is 0 Å². The van der Waals surface area contributed by atoms with Crippen molar-refractivity contribution in [3.8, 4) is 0 Å². The number of nitrogens with two attached hydrogens (primary N) is 1. The van der Waals surface area contributed by atoms with E-state index in [-0.39, 0.29) is 11.5 Å². The number of aliphatic hydroxyl groups excluding tert-OH is 1. The third kappa shape index (κ3) is 7.84. The first-order valence-corrected chi connectivity index (χ1v) is 10.1. The van der Waals surface area contributed by atoms with E-state index < -0.39 is 37.0 Å². The Bertz CT molecular complexity index is 783. The molecule has 0 bridgehead atoms. The molecule has 10 heteroatoms. The molecular weight excluding hydrogens is 399 g/mol. The van der Waals surface area contributed by atoms with Crippen LogP contribution < -0.4 is 21.5 Å². The number of aliphatic hydroxyl groups is 1. The van der Waals surface area contributed by atoms with Crippen LogP contribution in [-0.4, -0.2) is 52.2 Å². The number of allylic oxidation sites excluding steroid dienone is 1. The van der Waals surface area contributed by atoms with Crippen LogP contribution in [0, 0.1) is 5.92 Å². The third-order valence-electron chi connectivity index (χ3n) is 4.70. The maximum absolute atomic E-state index is 12.9. The molecule has 0 unspecified atom stereocenters. The molecule has 2 amide bonds. The van der Waals surface area contributed by atoms with Crippen molar-refractivity contribution >= 4 is 24.6 Å².